The van der Waals surface area contributed by atoms with Crippen LogP contribution in [0.2, 0.25) is 0 Å². The number of hydrogen-bond acceptors (Lipinski definition) is 4. The molecular formula is C14H26O4. The van der Waals surface area contributed by atoms with E-state index < -0.39 is 11.2 Å². The monoisotopic (exact) mass is 258 g/mol. The zero-order valence-corrected chi connectivity index (χ0v) is 11.9. The van der Waals surface area contributed by atoms with E-state index >= 15 is 0 Å². The molecule has 0 aromatic carbocycles. The second-order valence-corrected chi connectivity index (χ2v) is 6.06. The van der Waals surface area contributed by atoms with Gasteiger partial charge in [-0.3, -0.25) is 4.79 Å². The van der Waals surface area contributed by atoms with E-state index in [1.807, 2.05) is 13.8 Å². The Morgan fingerprint density at radius 2 is 2.06 bits per heavy atom. The number of hydrogen-bond donors (Lipinski definition) is 2. The quantitative estimate of drug-likeness (QED) is 0.756. The van der Waals surface area contributed by atoms with Crippen LogP contribution in [0.3, 0.4) is 0 Å². The lowest BCUT2D eigenvalue weighted by molar-refractivity contribution is -0.166. The highest BCUT2D eigenvalue weighted by atomic mass is 16.5. The zero-order valence-electron chi connectivity index (χ0n) is 11.9. The fourth-order valence-corrected chi connectivity index (χ4v) is 2.95. The lowest BCUT2D eigenvalue weighted by Gasteiger charge is -2.48. The summed E-state index contributed by atoms with van der Waals surface area (Å²) >= 11 is 0. The number of esters is 1. The van der Waals surface area contributed by atoms with Crippen LogP contribution < -0.4 is 0 Å². The highest BCUT2D eigenvalue weighted by Gasteiger charge is 2.49. The number of carbonyl (C=O) groups is 1. The number of aliphatic hydroxyl groups is 2. The molecule has 18 heavy (non-hydrogen) atoms. The molecule has 0 heterocycles. The van der Waals surface area contributed by atoms with E-state index in [0.29, 0.717) is 25.9 Å². The molecule has 2 N–H and O–H groups in total. The maximum atomic E-state index is 11.6. The van der Waals surface area contributed by atoms with Crippen LogP contribution >= 0.6 is 0 Å². The molecule has 1 fully saturated rings. The Hall–Kier alpha value is -0.610. The van der Waals surface area contributed by atoms with E-state index in [2.05, 4.69) is 0 Å². The van der Waals surface area contributed by atoms with Gasteiger partial charge in [-0.1, -0.05) is 13.8 Å². The summed E-state index contributed by atoms with van der Waals surface area (Å²) in [5, 5.41) is 20.9. The average Bonchev–Trinajstić information content (AvgIpc) is 2.22. The van der Waals surface area contributed by atoms with Gasteiger partial charge in [0.1, 0.15) is 0 Å². The summed E-state index contributed by atoms with van der Waals surface area (Å²) in [5.74, 6) is -0.386. The third kappa shape index (κ3) is 3.45. The van der Waals surface area contributed by atoms with Crippen molar-refractivity contribution in [3.63, 3.8) is 0 Å². The van der Waals surface area contributed by atoms with Crippen molar-refractivity contribution in [3.05, 3.63) is 0 Å². The molecule has 1 aliphatic rings. The smallest absolute Gasteiger partial charge is 0.306 e. The largest absolute Gasteiger partial charge is 0.466 e. The molecule has 0 spiro atoms. The first-order chi connectivity index (χ1) is 8.21. The Balaban J connectivity index is 2.80. The van der Waals surface area contributed by atoms with Crippen LogP contribution in [-0.4, -0.2) is 34.0 Å². The summed E-state index contributed by atoms with van der Waals surface area (Å²) in [7, 11) is 0. The minimum absolute atomic E-state index is 0.00343. The predicted molar refractivity (Wildman–Crippen MR) is 69.0 cm³/mol. The van der Waals surface area contributed by atoms with Crippen LogP contribution in [0, 0.1) is 11.8 Å². The third-order valence-electron chi connectivity index (χ3n) is 4.12. The summed E-state index contributed by atoms with van der Waals surface area (Å²) in [6.07, 6.45) is 1.83. The van der Waals surface area contributed by atoms with Crippen molar-refractivity contribution >= 4 is 5.97 Å². The average molecular weight is 258 g/mol. The minimum atomic E-state index is -0.992. The number of carbonyl (C=O) groups excluding carboxylic acids is 1. The second kappa shape index (κ2) is 5.57. The SMILES string of the molecule is CCOC(=O)C[C@@H]1CC[C@@](C)(O)C[C@]1(O)C(C)C. The van der Waals surface area contributed by atoms with E-state index in [0.717, 1.165) is 0 Å². The van der Waals surface area contributed by atoms with Gasteiger partial charge in [0.15, 0.2) is 0 Å². The van der Waals surface area contributed by atoms with E-state index in [-0.39, 0.29) is 24.2 Å². The van der Waals surface area contributed by atoms with Gasteiger partial charge in [0.05, 0.1) is 24.2 Å². The van der Waals surface area contributed by atoms with Crippen LogP contribution in [0.5, 0.6) is 0 Å². The van der Waals surface area contributed by atoms with Gasteiger partial charge in [-0.2, -0.15) is 0 Å². The highest BCUT2D eigenvalue weighted by Crippen LogP contribution is 2.45. The van der Waals surface area contributed by atoms with Crippen LogP contribution in [0.15, 0.2) is 0 Å². The van der Waals surface area contributed by atoms with Crippen LogP contribution in [0.25, 0.3) is 0 Å². The Bertz CT molecular complexity index is 298. The zero-order chi connectivity index (χ0) is 14.0. The Labute approximate surface area is 109 Å². The van der Waals surface area contributed by atoms with Crippen LogP contribution in [0.4, 0.5) is 0 Å². The normalized spacial score (nSPS) is 36.7. The van der Waals surface area contributed by atoms with Gasteiger partial charge in [-0.05, 0) is 38.5 Å². The number of ether oxygens (including phenoxy) is 1. The molecule has 0 unspecified atom stereocenters. The summed E-state index contributed by atoms with van der Waals surface area (Å²) in [6, 6.07) is 0. The molecule has 0 saturated heterocycles. The Kier molecular flexibility index (Phi) is 4.78. The van der Waals surface area contributed by atoms with Crippen molar-refractivity contribution in [2.45, 2.75) is 64.6 Å². The molecule has 0 aromatic rings. The Morgan fingerprint density at radius 3 is 2.56 bits per heavy atom. The number of rotatable bonds is 4. The third-order valence-corrected chi connectivity index (χ3v) is 4.12. The van der Waals surface area contributed by atoms with E-state index in [1.54, 1.807) is 13.8 Å². The molecular weight excluding hydrogens is 232 g/mol. The molecule has 0 amide bonds. The fourth-order valence-electron chi connectivity index (χ4n) is 2.95. The van der Waals surface area contributed by atoms with Gasteiger partial charge in [-0.25, -0.2) is 0 Å². The van der Waals surface area contributed by atoms with Crippen molar-refractivity contribution in [2.75, 3.05) is 6.61 Å². The molecule has 3 atom stereocenters. The molecule has 0 bridgehead atoms. The van der Waals surface area contributed by atoms with Crippen molar-refractivity contribution in [1.82, 2.24) is 0 Å². The van der Waals surface area contributed by atoms with E-state index in [9.17, 15) is 15.0 Å². The first-order valence-corrected chi connectivity index (χ1v) is 6.81. The van der Waals surface area contributed by atoms with E-state index in [1.165, 1.54) is 0 Å². The highest BCUT2D eigenvalue weighted by molar-refractivity contribution is 5.69. The second-order valence-electron chi connectivity index (χ2n) is 6.06. The maximum Gasteiger partial charge on any atom is 0.306 e. The van der Waals surface area contributed by atoms with Crippen molar-refractivity contribution in [1.29, 1.82) is 0 Å². The lowest BCUT2D eigenvalue weighted by atomic mass is 9.63. The first-order valence-electron chi connectivity index (χ1n) is 6.81. The van der Waals surface area contributed by atoms with Gasteiger partial charge in [0, 0.05) is 6.42 Å². The molecule has 4 nitrogen and oxygen atoms in total. The van der Waals surface area contributed by atoms with Crippen LogP contribution in [-0.2, 0) is 9.53 Å². The molecule has 0 radical (unpaired) electrons. The van der Waals surface area contributed by atoms with Crippen molar-refractivity contribution < 1.29 is 19.7 Å². The lowest BCUT2D eigenvalue weighted by Crippen LogP contribution is -2.53. The van der Waals surface area contributed by atoms with Crippen LogP contribution in [0.1, 0.15) is 53.4 Å². The van der Waals surface area contributed by atoms with Crippen molar-refractivity contribution in [2.24, 2.45) is 11.8 Å². The molecule has 4 heteroatoms. The topological polar surface area (TPSA) is 66.8 Å². The van der Waals surface area contributed by atoms with Gasteiger partial charge in [0.25, 0.3) is 0 Å². The summed E-state index contributed by atoms with van der Waals surface area (Å²) in [5.41, 5.74) is -1.83. The summed E-state index contributed by atoms with van der Waals surface area (Å²) in [6.45, 7) is 7.75. The predicted octanol–water partition coefficient (Wildman–Crippen LogP) is 1.88. The standard InChI is InChI=1S/C14H26O4/c1-5-18-12(15)8-11-6-7-13(4,16)9-14(11,17)10(2)3/h10-11,16-17H,5-9H2,1-4H3/t11-,13+,14-/m0/s1. The summed E-state index contributed by atoms with van der Waals surface area (Å²) < 4.78 is 4.96. The van der Waals surface area contributed by atoms with Gasteiger partial charge in [0.2, 0.25) is 0 Å². The molecule has 1 rings (SSSR count). The minimum Gasteiger partial charge on any atom is -0.466 e. The molecule has 0 aliphatic heterocycles. The van der Waals surface area contributed by atoms with Gasteiger partial charge < -0.3 is 14.9 Å². The van der Waals surface area contributed by atoms with Crippen molar-refractivity contribution in [3.8, 4) is 0 Å². The van der Waals surface area contributed by atoms with Gasteiger partial charge >= 0.3 is 5.97 Å². The summed E-state index contributed by atoms with van der Waals surface area (Å²) in [4.78, 5) is 11.6. The van der Waals surface area contributed by atoms with Gasteiger partial charge in [-0.15, -0.1) is 0 Å². The van der Waals surface area contributed by atoms with E-state index in [4.69, 9.17) is 4.74 Å². The maximum absolute atomic E-state index is 11.6. The Morgan fingerprint density at radius 1 is 1.44 bits per heavy atom. The first kappa shape index (κ1) is 15.4. The fraction of sp³-hybridized carbons (Fsp3) is 0.929. The molecule has 1 saturated carbocycles. The molecule has 106 valence electrons. The molecule has 0 aromatic heterocycles. The molecule has 1 aliphatic carbocycles.